The molecule has 0 spiro atoms. The van der Waals surface area contributed by atoms with Crippen molar-refractivity contribution in [2.45, 2.75) is 33.2 Å². The lowest BCUT2D eigenvalue weighted by Gasteiger charge is -2.05. The molecule has 1 amide bonds. The second-order valence-electron chi connectivity index (χ2n) is 5.61. The number of nitrogens with two attached hydrogens (primary N) is 1. The summed E-state index contributed by atoms with van der Waals surface area (Å²) in [6.07, 6.45) is 1.06. The van der Waals surface area contributed by atoms with Crippen LogP contribution in [0.15, 0.2) is 28.8 Å². The van der Waals surface area contributed by atoms with Gasteiger partial charge in [-0.25, -0.2) is 0 Å². The summed E-state index contributed by atoms with van der Waals surface area (Å²) in [5.41, 5.74) is 7.51. The maximum absolute atomic E-state index is 11.5. The highest BCUT2D eigenvalue weighted by Crippen LogP contribution is 2.16. The van der Waals surface area contributed by atoms with Crippen LogP contribution in [0.2, 0.25) is 0 Å². The average Bonchev–Trinajstić information content (AvgIpc) is 2.95. The minimum atomic E-state index is 0.0483. The van der Waals surface area contributed by atoms with Gasteiger partial charge in [0.05, 0.1) is 0 Å². The van der Waals surface area contributed by atoms with Gasteiger partial charge >= 0.3 is 0 Å². The highest BCUT2D eigenvalue weighted by atomic mass is 16.5. The van der Waals surface area contributed by atoms with Crippen LogP contribution in [0, 0.1) is 5.92 Å². The Morgan fingerprint density at radius 3 is 2.68 bits per heavy atom. The largest absolute Gasteiger partial charge is 0.356 e. The molecule has 22 heavy (non-hydrogen) atoms. The van der Waals surface area contributed by atoms with Crippen molar-refractivity contribution in [3.8, 4) is 11.4 Å². The zero-order valence-electron chi connectivity index (χ0n) is 13.0. The molecule has 0 atom stereocenters. The van der Waals surface area contributed by atoms with Crippen molar-refractivity contribution >= 4 is 5.91 Å². The molecular formula is C16H22N4O2. The first-order valence-electron chi connectivity index (χ1n) is 7.47. The summed E-state index contributed by atoms with van der Waals surface area (Å²) in [6.45, 7) is 5.03. The quantitative estimate of drug-likeness (QED) is 0.814. The van der Waals surface area contributed by atoms with Gasteiger partial charge in [0.2, 0.25) is 17.6 Å². The van der Waals surface area contributed by atoms with E-state index in [4.69, 9.17) is 10.3 Å². The monoisotopic (exact) mass is 302 g/mol. The number of rotatable bonds is 7. The summed E-state index contributed by atoms with van der Waals surface area (Å²) >= 11 is 0. The van der Waals surface area contributed by atoms with Crippen molar-refractivity contribution in [3.63, 3.8) is 0 Å². The fourth-order valence-corrected chi connectivity index (χ4v) is 2.02. The molecular weight excluding hydrogens is 280 g/mol. The summed E-state index contributed by atoms with van der Waals surface area (Å²) in [5, 5.41) is 6.80. The number of carbonyl (C=O) groups is 1. The van der Waals surface area contributed by atoms with E-state index in [1.54, 1.807) is 0 Å². The standard InChI is InChI=1S/C16H22N4O2/c1-11(2)9-14(21)18-8-7-15-19-16(20-22-15)13-5-3-12(10-17)4-6-13/h3-6,11H,7-10,17H2,1-2H3,(H,18,21). The van der Waals surface area contributed by atoms with Crippen LogP contribution in [-0.4, -0.2) is 22.6 Å². The molecule has 0 radical (unpaired) electrons. The van der Waals surface area contributed by atoms with Crippen LogP contribution < -0.4 is 11.1 Å². The third kappa shape index (κ3) is 4.66. The van der Waals surface area contributed by atoms with Crippen molar-refractivity contribution in [1.82, 2.24) is 15.5 Å². The summed E-state index contributed by atoms with van der Waals surface area (Å²) in [5.74, 6) is 1.47. The highest BCUT2D eigenvalue weighted by molar-refractivity contribution is 5.76. The van der Waals surface area contributed by atoms with Gasteiger partial charge in [-0.15, -0.1) is 0 Å². The summed E-state index contributed by atoms with van der Waals surface area (Å²) in [7, 11) is 0. The van der Waals surface area contributed by atoms with E-state index in [1.807, 2.05) is 38.1 Å². The number of nitrogens with zero attached hydrogens (tertiary/aromatic N) is 2. The van der Waals surface area contributed by atoms with Gasteiger partial charge in [0.25, 0.3) is 0 Å². The van der Waals surface area contributed by atoms with Gasteiger partial charge in [-0.3, -0.25) is 4.79 Å². The smallest absolute Gasteiger partial charge is 0.228 e. The number of aromatic nitrogens is 2. The van der Waals surface area contributed by atoms with E-state index in [0.29, 0.717) is 43.6 Å². The minimum Gasteiger partial charge on any atom is -0.356 e. The van der Waals surface area contributed by atoms with Crippen LogP contribution >= 0.6 is 0 Å². The van der Waals surface area contributed by atoms with E-state index in [1.165, 1.54) is 0 Å². The van der Waals surface area contributed by atoms with Crippen molar-refractivity contribution in [2.75, 3.05) is 6.54 Å². The number of hydrogen-bond donors (Lipinski definition) is 2. The van der Waals surface area contributed by atoms with Crippen molar-refractivity contribution in [2.24, 2.45) is 11.7 Å². The highest BCUT2D eigenvalue weighted by Gasteiger charge is 2.09. The molecule has 0 saturated heterocycles. The third-order valence-corrected chi connectivity index (χ3v) is 3.17. The zero-order chi connectivity index (χ0) is 15.9. The Labute approximate surface area is 130 Å². The van der Waals surface area contributed by atoms with Crippen molar-refractivity contribution in [1.29, 1.82) is 0 Å². The average molecular weight is 302 g/mol. The van der Waals surface area contributed by atoms with Gasteiger partial charge in [-0.1, -0.05) is 43.3 Å². The lowest BCUT2D eigenvalue weighted by atomic mass is 10.1. The maximum atomic E-state index is 11.5. The molecule has 0 bridgehead atoms. The first kappa shape index (κ1) is 16.2. The van der Waals surface area contributed by atoms with E-state index in [2.05, 4.69) is 15.5 Å². The van der Waals surface area contributed by atoms with E-state index in [0.717, 1.165) is 11.1 Å². The molecule has 0 saturated carbocycles. The predicted octanol–water partition coefficient (Wildman–Crippen LogP) is 1.90. The molecule has 0 unspecified atom stereocenters. The van der Waals surface area contributed by atoms with Crippen LogP contribution in [0.4, 0.5) is 0 Å². The van der Waals surface area contributed by atoms with Gasteiger partial charge in [-0.2, -0.15) is 4.98 Å². The lowest BCUT2D eigenvalue weighted by molar-refractivity contribution is -0.121. The Bertz CT molecular complexity index is 605. The second kappa shape index (κ2) is 7.70. The van der Waals surface area contributed by atoms with Gasteiger partial charge in [0.15, 0.2) is 0 Å². The minimum absolute atomic E-state index is 0.0483. The fourth-order valence-electron chi connectivity index (χ4n) is 2.02. The van der Waals surface area contributed by atoms with Gasteiger partial charge in [0.1, 0.15) is 0 Å². The van der Waals surface area contributed by atoms with Gasteiger partial charge in [-0.05, 0) is 11.5 Å². The maximum Gasteiger partial charge on any atom is 0.228 e. The summed E-state index contributed by atoms with van der Waals surface area (Å²) < 4.78 is 5.20. The molecule has 6 nitrogen and oxygen atoms in total. The molecule has 1 aromatic carbocycles. The van der Waals surface area contributed by atoms with Crippen LogP contribution in [0.3, 0.4) is 0 Å². The van der Waals surface area contributed by atoms with E-state index >= 15 is 0 Å². The molecule has 0 aliphatic carbocycles. The second-order valence-corrected chi connectivity index (χ2v) is 5.61. The Morgan fingerprint density at radius 2 is 2.05 bits per heavy atom. The topological polar surface area (TPSA) is 94.0 Å². The summed E-state index contributed by atoms with van der Waals surface area (Å²) in [4.78, 5) is 15.9. The van der Waals surface area contributed by atoms with Crippen LogP contribution in [-0.2, 0) is 17.8 Å². The summed E-state index contributed by atoms with van der Waals surface area (Å²) in [6, 6.07) is 7.72. The first-order valence-corrected chi connectivity index (χ1v) is 7.47. The Balaban J connectivity index is 1.87. The molecule has 6 heteroatoms. The molecule has 1 heterocycles. The molecule has 1 aromatic heterocycles. The SMILES string of the molecule is CC(C)CC(=O)NCCc1nc(-c2ccc(CN)cc2)no1. The number of hydrogen-bond acceptors (Lipinski definition) is 5. The molecule has 118 valence electrons. The molecule has 2 rings (SSSR count). The Kier molecular flexibility index (Phi) is 5.66. The number of benzene rings is 1. The van der Waals surface area contributed by atoms with Gasteiger partial charge in [0, 0.05) is 31.5 Å². The number of amides is 1. The zero-order valence-corrected chi connectivity index (χ0v) is 13.0. The van der Waals surface area contributed by atoms with Crippen molar-refractivity contribution < 1.29 is 9.32 Å². The van der Waals surface area contributed by atoms with Crippen LogP contribution in [0.25, 0.3) is 11.4 Å². The van der Waals surface area contributed by atoms with Crippen molar-refractivity contribution in [3.05, 3.63) is 35.7 Å². The Morgan fingerprint density at radius 1 is 1.32 bits per heavy atom. The lowest BCUT2D eigenvalue weighted by Crippen LogP contribution is -2.26. The predicted molar refractivity (Wildman–Crippen MR) is 83.8 cm³/mol. The van der Waals surface area contributed by atoms with Crippen LogP contribution in [0.5, 0.6) is 0 Å². The van der Waals surface area contributed by atoms with E-state index in [-0.39, 0.29) is 5.91 Å². The fraction of sp³-hybridized carbons (Fsp3) is 0.438. The molecule has 0 aliphatic rings. The Hall–Kier alpha value is -2.21. The first-order chi connectivity index (χ1) is 10.6. The molecule has 0 aliphatic heterocycles. The number of nitrogens with one attached hydrogen (secondary N) is 1. The van der Waals surface area contributed by atoms with Gasteiger partial charge < -0.3 is 15.6 Å². The van der Waals surface area contributed by atoms with E-state index < -0.39 is 0 Å². The number of carbonyl (C=O) groups excluding carboxylic acids is 1. The normalized spacial score (nSPS) is 10.9. The molecule has 2 aromatic rings. The molecule has 0 fully saturated rings. The van der Waals surface area contributed by atoms with Crippen LogP contribution in [0.1, 0.15) is 31.7 Å². The van der Waals surface area contributed by atoms with E-state index in [9.17, 15) is 4.79 Å². The molecule has 3 N–H and O–H groups in total. The third-order valence-electron chi connectivity index (χ3n) is 3.17.